The van der Waals surface area contributed by atoms with Crippen molar-refractivity contribution in [2.45, 2.75) is 45.8 Å². The lowest BCUT2D eigenvalue weighted by Crippen LogP contribution is -2.36. The van der Waals surface area contributed by atoms with Crippen molar-refractivity contribution in [1.82, 2.24) is 20.0 Å². The van der Waals surface area contributed by atoms with Gasteiger partial charge in [-0.05, 0) is 33.4 Å². The summed E-state index contributed by atoms with van der Waals surface area (Å²) in [4.78, 5) is 17.2. The minimum Gasteiger partial charge on any atom is -0.369 e. The predicted octanol–water partition coefficient (Wildman–Crippen LogP) is 1.60. The van der Waals surface area contributed by atoms with E-state index >= 15 is 0 Å². The molecule has 0 aliphatic carbocycles. The van der Waals surface area contributed by atoms with Crippen LogP contribution in [0, 0.1) is 0 Å². The monoisotopic (exact) mass is 306 g/mol. The fourth-order valence-electron chi connectivity index (χ4n) is 3.49. The maximum Gasteiger partial charge on any atom is 0.274 e. The van der Waals surface area contributed by atoms with E-state index in [-0.39, 0.29) is 18.1 Å². The zero-order chi connectivity index (χ0) is 15.7. The van der Waals surface area contributed by atoms with Crippen molar-refractivity contribution in [3.63, 3.8) is 0 Å². The van der Waals surface area contributed by atoms with Gasteiger partial charge in [0.05, 0.1) is 17.9 Å². The van der Waals surface area contributed by atoms with E-state index in [4.69, 9.17) is 4.74 Å². The molecule has 2 atom stereocenters. The lowest BCUT2D eigenvalue weighted by Gasteiger charge is -2.26. The average Bonchev–Trinajstić information content (AvgIpc) is 2.77. The molecule has 1 fully saturated rings. The van der Waals surface area contributed by atoms with Gasteiger partial charge >= 0.3 is 0 Å². The Morgan fingerprint density at radius 1 is 1.32 bits per heavy atom. The molecule has 0 spiro atoms. The maximum absolute atomic E-state index is 12.9. The largest absolute Gasteiger partial charge is 0.369 e. The summed E-state index contributed by atoms with van der Waals surface area (Å²) in [6, 6.07) is 0. The molecule has 0 bridgehead atoms. The van der Waals surface area contributed by atoms with Gasteiger partial charge in [0.25, 0.3) is 5.91 Å². The van der Waals surface area contributed by atoms with Gasteiger partial charge in [0, 0.05) is 31.6 Å². The number of likely N-dealkylation sites (N-methyl/N-ethyl adjacent to an activating group) is 1. The van der Waals surface area contributed by atoms with Crippen LogP contribution in [-0.2, 0) is 11.2 Å². The van der Waals surface area contributed by atoms with Gasteiger partial charge in [-0.1, -0.05) is 6.92 Å². The van der Waals surface area contributed by atoms with Crippen molar-refractivity contribution in [2.75, 3.05) is 32.7 Å². The van der Waals surface area contributed by atoms with E-state index in [0.29, 0.717) is 5.69 Å². The fourth-order valence-corrected chi connectivity index (χ4v) is 3.49. The summed E-state index contributed by atoms with van der Waals surface area (Å²) >= 11 is 0. The average molecular weight is 306 g/mol. The summed E-state index contributed by atoms with van der Waals surface area (Å²) in [6.45, 7) is 10.9. The first-order valence-corrected chi connectivity index (χ1v) is 8.34. The molecule has 2 aliphatic rings. The second-order valence-electron chi connectivity index (χ2n) is 6.34. The van der Waals surface area contributed by atoms with E-state index in [1.165, 1.54) is 0 Å². The molecule has 22 heavy (non-hydrogen) atoms. The van der Waals surface area contributed by atoms with Gasteiger partial charge in [0.1, 0.15) is 0 Å². The van der Waals surface area contributed by atoms with Crippen molar-refractivity contribution in [2.24, 2.45) is 0 Å². The highest BCUT2D eigenvalue weighted by atomic mass is 16.5. The number of nitrogens with zero attached hydrogens (tertiary/aromatic N) is 3. The number of rotatable bonds is 2. The Morgan fingerprint density at radius 2 is 2.14 bits per heavy atom. The first kappa shape index (κ1) is 15.5. The van der Waals surface area contributed by atoms with Crippen LogP contribution in [-0.4, -0.2) is 64.7 Å². The van der Waals surface area contributed by atoms with Crippen LogP contribution in [0.5, 0.6) is 0 Å². The zero-order valence-electron chi connectivity index (χ0n) is 13.8. The van der Waals surface area contributed by atoms with E-state index in [9.17, 15) is 4.79 Å². The number of amides is 1. The minimum absolute atomic E-state index is 0.0208. The Hall–Kier alpha value is -1.40. The van der Waals surface area contributed by atoms with Gasteiger partial charge < -0.3 is 14.5 Å². The van der Waals surface area contributed by atoms with Crippen molar-refractivity contribution in [1.29, 1.82) is 0 Å². The quantitative estimate of drug-likeness (QED) is 0.901. The van der Waals surface area contributed by atoms with Crippen molar-refractivity contribution >= 4 is 5.91 Å². The van der Waals surface area contributed by atoms with Crippen LogP contribution in [0.2, 0.25) is 0 Å². The number of nitrogens with one attached hydrogen (secondary N) is 1. The number of aromatic nitrogens is 2. The van der Waals surface area contributed by atoms with Crippen molar-refractivity contribution < 1.29 is 9.53 Å². The number of carbonyl (C=O) groups excluding carboxylic acids is 1. The third-order valence-electron chi connectivity index (χ3n) is 4.76. The Balaban J connectivity index is 1.78. The first-order valence-electron chi connectivity index (χ1n) is 8.34. The van der Waals surface area contributed by atoms with Crippen LogP contribution in [0.25, 0.3) is 0 Å². The third kappa shape index (κ3) is 2.90. The Morgan fingerprint density at radius 3 is 2.91 bits per heavy atom. The van der Waals surface area contributed by atoms with Gasteiger partial charge in [-0.15, -0.1) is 0 Å². The van der Waals surface area contributed by atoms with Crippen LogP contribution >= 0.6 is 0 Å². The molecule has 6 heteroatoms. The van der Waals surface area contributed by atoms with E-state index in [2.05, 4.69) is 22.0 Å². The molecule has 0 saturated carbocycles. The molecule has 1 aromatic rings. The second-order valence-corrected chi connectivity index (χ2v) is 6.34. The zero-order valence-corrected chi connectivity index (χ0v) is 13.8. The molecular formula is C16H26N4O2. The van der Waals surface area contributed by atoms with Crippen LogP contribution in [0.1, 0.15) is 55.0 Å². The minimum atomic E-state index is -0.0208. The SMILES string of the molecule is CCN1CCCN(C(=O)c2n[nH]c3c2C[C@H](C)O[C@@H]3C)CC1. The standard InChI is InChI=1S/C16H26N4O2/c1-4-19-6-5-7-20(9-8-19)16(21)15-13-10-11(2)22-12(3)14(13)17-18-15/h11-12H,4-10H2,1-3H3,(H,17,18)/t11-,12+/m0/s1. The van der Waals surface area contributed by atoms with Crippen LogP contribution in [0.15, 0.2) is 0 Å². The highest BCUT2D eigenvalue weighted by molar-refractivity contribution is 5.94. The molecule has 6 nitrogen and oxygen atoms in total. The fraction of sp³-hybridized carbons (Fsp3) is 0.750. The summed E-state index contributed by atoms with van der Waals surface area (Å²) in [5.74, 6) is 0.0664. The summed E-state index contributed by atoms with van der Waals surface area (Å²) in [5, 5.41) is 7.34. The molecule has 1 aromatic heterocycles. The van der Waals surface area contributed by atoms with Gasteiger partial charge in [-0.2, -0.15) is 5.10 Å². The summed E-state index contributed by atoms with van der Waals surface area (Å²) in [5.41, 5.74) is 2.61. The molecule has 1 N–H and O–H groups in total. The molecule has 0 aromatic carbocycles. The van der Waals surface area contributed by atoms with Crippen molar-refractivity contribution in [3.8, 4) is 0 Å². The molecule has 2 aliphatic heterocycles. The topological polar surface area (TPSA) is 61.5 Å². The van der Waals surface area contributed by atoms with E-state index in [1.807, 2.05) is 18.7 Å². The summed E-state index contributed by atoms with van der Waals surface area (Å²) in [7, 11) is 0. The maximum atomic E-state index is 12.9. The number of fused-ring (bicyclic) bond motifs is 1. The van der Waals surface area contributed by atoms with Gasteiger partial charge in [0.2, 0.25) is 0 Å². The summed E-state index contributed by atoms with van der Waals surface area (Å²) in [6.07, 6.45) is 1.90. The molecule has 3 rings (SSSR count). The van der Waals surface area contributed by atoms with E-state index in [0.717, 1.165) is 56.8 Å². The van der Waals surface area contributed by atoms with Crippen LogP contribution in [0.4, 0.5) is 0 Å². The van der Waals surface area contributed by atoms with Gasteiger partial charge in [0.15, 0.2) is 5.69 Å². The van der Waals surface area contributed by atoms with Crippen LogP contribution in [0.3, 0.4) is 0 Å². The molecule has 0 unspecified atom stereocenters. The van der Waals surface area contributed by atoms with Crippen molar-refractivity contribution in [3.05, 3.63) is 17.0 Å². The lowest BCUT2D eigenvalue weighted by molar-refractivity contribution is -0.00701. The third-order valence-corrected chi connectivity index (χ3v) is 4.76. The second kappa shape index (κ2) is 6.38. The van der Waals surface area contributed by atoms with E-state index in [1.54, 1.807) is 0 Å². The highest BCUT2D eigenvalue weighted by Gasteiger charge is 2.31. The van der Waals surface area contributed by atoms with E-state index < -0.39 is 0 Å². The number of ether oxygens (including phenoxy) is 1. The normalized spacial score (nSPS) is 26.6. The molecule has 3 heterocycles. The number of carbonyl (C=O) groups is 1. The molecule has 122 valence electrons. The Kier molecular flexibility index (Phi) is 4.49. The summed E-state index contributed by atoms with van der Waals surface area (Å²) < 4.78 is 5.80. The lowest BCUT2D eigenvalue weighted by atomic mass is 9.99. The number of hydrogen-bond donors (Lipinski definition) is 1. The molecule has 1 saturated heterocycles. The number of hydrogen-bond acceptors (Lipinski definition) is 4. The van der Waals surface area contributed by atoms with Gasteiger partial charge in [-0.3, -0.25) is 9.89 Å². The smallest absolute Gasteiger partial charge is 0.274 e. The predicted molar refractivity (Wildman–Crippen MR) is 83.9 cm³/mol. The highest BCUT2D eigenvalue weighted by Crippen LogP contribution is 2.30. The molecule has 0 radical (unpaired) electrons. The molecular weight excluding hydrogens is 280 g/mol. The first-order chi connectivity index (χ1) is 10.6. The van der Waals surface area contributed by atoms with Crippen LogP contribution < -0.4 is 0 Å². The van der Waals surface area contributed by atoms with Gasteiger partial charge in [-0.25, -0.2) is 0 Å². The number of H-pyrrole nitrogens is 1. The molecule has 1 amide bonds. The number of aromatic amines is 1. The Labute approximate surface area is 131 Å². The Bertz CT molecular complexity index is 542.